The minimum absolute atomic E-state index is 0.231. The van der Waals surface area contributed by atoms with Gasteiger partial charge in [0.15, 0.2) is 5.54 Å². The van der Waals surface area contributed by atoms with Crippen LogP contribution in [0, 0.1) is 0 Å². The molecule has 0 saturated carbocycles. The molecule has 3 amide bonds. The number of nitrogens with zero attached hydrogens (tertiary/aromatic N) is 2. The summed E-state index contributed by atoms with van der Waals surface area (Å²) in [6.45, 7) is 2.35. The number of imide groups is 1. The van der Waals surface area contributed by atoms with E-state index in [1.165, 1.54) is 4.90 Å². The number of methoxy groups -OCH3 is 1. The number of rotatable bonds is 2. The maximum absolute atomic E-state index is 13.5. The molecule has 2 aliphatic rings. The number of H-pyrrole nitrogens is 1. The average Bonchev–Trinajstić information content (AvgIpc) is 3.17. The molecule has 0 unspecified atom stereocenters. The molecule has 0 spiro atoms. The fourth-order valence-electron chi connectivity index (χ4n) is 4.35. The van der Waals surface area contributed by atoms with Gasteiger partial charge in [0.2, 0.25) is 0 Å². The third kappa shape index (κ3) is 1.95. The Morgan fingerprint density at radius 3 is 2.56 bits per heavy atom. The van der Waals surface area contributed by atoms with Crippen LogP contribution in [0.25, 0.3) is 10.9 Å². The number of hydrogen-bond donors (Lipinski definition) is 1. The summed E-state index contributed by atoms with van der Waals surface area (Å²) in [5, 5.41) is 1.12. The Balaban J connectivity index is 1.65. The molecular formula is C21H19N3O3. The number of benzene rings is 2. The van der Waals surface area contributed by atoms with Crippen molar-refractivity contribution in [1.29, 1.82) is 0 Å². The molecule has 6 heteroatoms. The molecule has 3 aromatic rings. The highest BCUT2D eigenvalue weighted by Gasteiger charge is 2.58. The molecule has 0 bridgehead atoms. The van der Waals surface area contributed by atoms with Gasteiger partial charge < -0.3 is 14.6 Å². The normalized spacial score (nSPS) is 21.6. The number of fused-ring (bicyclic) bond motifs is 5. The number of aromatic nitrogens is 1. The first kappa shape index (κ1) is 15.9. The summed E-state index contributed by atoms with van der Waals surface area (Å²) in [5.74, 6) is 0.449. The molecule has 0 aliphatic carbocycles. The number of amides is 3. The second-order valence-electron chi connectivity index (χ2n) is 7.12. The third-order valence-corrected chi connectivity index (χ3v) is 5.80. The van der Waals surface area contributed by atoms with Crippen molar-refractivity contribution in [3.8, 4) is 5.75 Å². The van der Waals surface area contributed by atoms with E-state index in [1.807, 2.05) is 25.1 Å². The van der Waals surface area contributed by atoms with E-state index < -0.39 is 5.54 Å². The number of para-hydroxylation sites is 1. The molecule has 2 aliphatic heterocycles. The molecule has 6 nitrogen and oxygen atoms in total. The predicted molar refractivity (Wildman–Crippen MR) is 102 cm³/mol. The summed E-state index contributed by atoms with van der Waals surface area (Å²) in [4.78, 5) is 33.0. The van der Waals surface area contributed by atoms with Crippen LogP contribution in [0.15, 0.2) is 48.5 Å². The molecule has 1 saturated heterocycles. The quantitative estimate of drug-likeness (QED) is 0.712. The van der Waals surface area contributed by atoms with Crippen LogP contribution in [0.3, 0.4) is 0 Å². The van der Waals surface area contributed by atoms with Crippen molar-refractivity contribution in [1.82, 2.24) is 9.88 Å². The molecular weight excluding hydrogens is 342 g/mol. The van der Waals surface area contributed by atoms with E-state index in [4.69, 9.17) is 4.74 Å². The van der Waals surface area contributed by atoms with Gasteiger partial charge in [0.25, 0.3) is 5.91 Å². The first-order chi connectivity index (χ1) is 13.1. The van der Waals surface area contributed by atoms with Gasteiger partial charge >= 0.3 is 6.03 Å². The molecule has 5 rings (SSSR count). The van der Waals surface area contributed by atoms with Crippen LogP contribution < -0.4 is 9.64 Å². The number of hydrogen-bond acceptors (Lipinski definition) is 3. The standard InChI is InChI=1S/C21H19N3O3/c1-21-18-16(15-5-3-4-6-17(15)22-18)11-12-23(21)20(26)24(19(21)25)13-7-9-14(27-2)10-8-13/h3-10,22H,11-12H2,1-2H3/t21-/m1/s1. The van der Waals surface area contributed by atoms with Gasteiger partial charge in [-0.25, -0.2) is 9.69 Å². The summed E-state index contributed by atoms with van der Waals surface area (Å²) in [6, 6.07) is 14.7. The second kappa shape index (κ2) is 5.36. The number of nitrogens with one attached hydrogen (secondary N) is 1. The highest BCUT2D eigenvalue weighted by molar-refractivity contribution is 6.23. The van der Waals surface area contributed by atoms with Crippen molar-refractivity contribution in [3.63, 3.8) is 0 Å². The maximum atomic E-state index is 13.5. The number of ether oxygens (including phenoxy) is 1. The van der Waals surface area contributed by atoms with Gasteiger partial charge in [0.05, 0.1) is 18.5 Å². The lowest BCUT2D eigenvalue weighted by Crippen LogP contribution is -2.49. The minimum atomic E-state index is -1.02. The van der Waals surface area contributed by atoms with Crippen molar-refractivity contribution >= 4 is 28.5 Å². The zero-order valence-corrected chi connectivity index (χ0v) is 15.2. The lowest BCUT2D eigenvalue weighted by Gasteiger charge is -2.35. The van der Waals surface area contributed by atoms with Crippen LogP contribution in [-0.2, 0) is 16.8 Å². The summed E-state index contributed by atoms with van der Waals surface area (Å²) in [6.07, 6.45) is 0.727. The molecule has 1 N–H and O–H groups in total. The smallest absolute Gasteiger partial charge is 0.332 e. The largest absolute Gasteiger partial charge is 0.497 e. The van der Waals surface area contributed by atoms with Crippen molar-refractivity contribution in [2.75, 3.05) is 18.6 Å². The van der Waals surface area contributed by atoms with Crippen LogP contribution in [-0.4, -0.2) is 35.5 Å². The van der Waals surface area contributed by atoms with Crippen LogP contribution in [0.2, 0.25) is 0 Å². The van der Waals surface area contributed by atoms with Crippen molar-refractivity contribution in [2.24, 2.45) is 0 Å². The number of carbonyl (C=O) groups is 2. The van der Waals surface area contributed by atoms with E-state index in [-0.39, 0.29) is 11.9 Å². The zero-order chi connectivity index (χ0) is 18.8. The molecule has 2 aromatic carbocycles. The van der Waals surface area contributed by atoms with Crippen molar-refractivity contribution < 1.29 is 14.3 Å². The Morgan fingerprint density at radius 1 is 1.07 bits per heavy atom. The monoisotopic (exact) mass is 361 g/mol. The number of aromatic amines is 1. The zero-order valence-electron chi connectivity index (χ0n) is 15.2. The Labute approximate surface area is 156 Å². The topological polar surface area (TPSA) is 65.6 Å². The molecule has 0 radical (unpaired) electrons. The summed E-state index contributed by atoms with van der Waals surface area (Å²) < 4.78 is 5.18. The molecule has 3 heterocycles. The SMILES string of the molecule is COc1ccc(N2C(=O)N3CCc4c([nH]c5ccccc45)[C@]3(C)C2=O)cc1. The summed E-state index contributed by atoms with van der Waals surface area (Å²) in [7, 11) is 1.58. The van der Waals surface area contributed by atoms with Gasteiger partial charge in [0.1, 0.15) is 5.75 Å². The van der Waals surface area contributed by atoms with Gasteiger partial charge in [-0.15, -0.1) is 0 Å². The predicted octanol–water partition coefficient (Wildman–Crippen LogP) is 3.42. The fourth-order valence-corrected chi connectivity index (χ4v) is 4.35. The Hall–Kier alpha value is -3.28. The van der Waals surface area contributed by atoms with E-state index in [0.29, 0.717) is 18.0 Å². The van der Waals surface area contributed by atoms with E-state index >= 15 is 0 Å². The van der Waals surface area contributed by atoms with Crippen LogP contribution in [0.1, 0.15) is 18.2 Å². The number of anilines is 1. The second-order valence-corrected chi connectivity index (χ2v) is 7.12. The molecule has 136 valence electrons. The molecule has 1 aromatic heterocycles. The first-order valence-electron chi connectivity index (χ1n) is 8.96. The number of urea groups is 1. The molecule has 1 fully saturated rings. The van der Waals surface area contributed by atoms with E-state index in [9.17, 15) is 9.59 Å². The van der Waals surface area contributed by atoms with Crippen LogP contribution in [0.4, 0.5) is 10.5 Å². The van der Waals surface area contributed by atoms with Gasteiger partial charge in [-0.2, -0.15) is 0 Å². The van der Waals surface area contributed by atoms with E-state index in [0.717, 1.165) is 28.6 Å². The number of carbonyl (C=O) groups excluding carboxylic acids is 2. The Morgan fingerprint density at radius 2 is 1.81 bits per heavy atom. The molecule has 1 atom stereocenters. The van der Waals surface area contributed by atoms with Crippen LogP contribution >= 0.6 is 0 Å². The highest BCUT2D eigenvalue weighted by atomic mass is 16.5. The van der Waals surface area contributed by atoms with Gasteiger partial charge in [0, 0.05) is 17.4 Å². The average molecular weight is 361 g/mol. The van der Waals surface area contributed by atoms with Gasteiger partial charge in [-0.1, -0.05) is 18.2 Å². The van der Waals surface area contributed by atoms with E-state index in [1.54, 1.807) is 36.3 Å². The first-order valence-corrected chi connectivity index (χ1v) is 8.96. The lowest BCUT2D eigenvalue weighted by molar-refractivity contribution is -0.125. The van der Waals surface area contributed by atoms with Crippen molar-refractivity contribution in [3.05, 3.63) is 59.8 Å². The fraction of sp³-hybridized carbons (Fsp3) is 0.238. The van der Waals surface area contributed by atoms with Gasteiger partial charge in [-0.3, -0.25) is 4.79 Å². The Bertz CT molecular complexity index is 1090. The third-order valence-electron chi connectivity index (χ3n) is 5.80. The van der Waals surface area contributed by atoms with Crippen molar-refractivity contribution in [2.45, 2.75) is 18.9 Å². The molecule has 27 heavy (non-hydrogen) atoms. The summed E-state index contributed by atoms with van der Waals surface area (Å²) in [5.41, 5.74) is 2.48. The lowest BCUT2D eigenvalue weighted by atomic mass is 9.87. The Kier molecular flexibility index (Phi) is 3.16. The maximum Gasteiger partial charge on any atom is 0.332 e. The minimum Gasteiger partial charge on any atom is -0.497 e. The summed E-state index contributed by atoms with van der Waals surface area (Å²) >= 11 is 0. The van der Waals surface area contributed by atoms with Gasteiger partial charge in [-0.05, 0) is 49.2 Å². The van der Waals surface area contributed by atoms with E-state index in [2.05, 4.69) is 11.1 Å². The highest BCUT2D eigenvalue weighted by Crippen LogP contribution is 2.45. The van der Waals surface area contributed by atoms with Crippen LogP contribution in [0.5, 0.6) is 5.75 Å².